The zero-order valence-electron chi connectivity index (χ0n) is 6.90. The minimum absolute atomic E-state index is 0.721. The summed E-state index contributed by atoms with van der Waals surface area (Å²) in [5, 5.41) is 0.721. The maximum absolute atomic E-state index is 9.70. The van der Waals surface area contributed by atoms with Crippen molar-refractivity contribution >= 4 is 17.7 Å². The molecule has 0 aliphatic heterocycles. The molecule has 1 aromatic carbocycles. The van der Waals surface area contributed by atoms with Crippen LogP contribution in [0.2, 0.25) is 5.02 Å². The Hall–Kier alpha value is -1.37. The number of halogens is 1. The molecule has 0 saturated carbocycles. The number of hydrogen-bond acceptors (Lipinski definition) is 2. The minimum atomic E-state index is 0.721. The lowest BCUT2D eigenvalue weighted by Crippen LogP contribution is -1.78. The van der Waals surface area contributed by atoms with Crippen molar-refractivity contribution in [3.8, 4) is 0 Å². The van der Waals surface area contributed by atoms with Gasteiger partial charge < -0.3 is 0 Å². The Balaban J connectivity index is 2.55. The van der Waals surface area contributed by atoms with Gasteiger partial charge >= 0.3 is 0 Å². The molecule has 66 valence electrons. The first-order valence-corrected chi connectivity index (χ1v) is 4.17. The highest BCUT2D eigenvalue weighted by Gasteiger charge is 1.88. The molecule has 0 bridgehead atoms. The molecular weight excluding hydrogens is 186 g/mol. The van der Waals surface area contributed by atoms with Crippen molar-refractivity contribution in [2.75, 3.05) is 0 Å². The van der Waals surface area contributed by atoms with Crippen molar-refractivity contribution in [3.05, 3.63) is 47.1 Å². The number of aliphatic imine (C=N–C) groups is 1. The minimum Gasteiger partial charge on any atom is -0.211 e. The van der Waals surface area contributed by atoms with E-state index in [1.54, 1.807) is 6.08 Å². The van der Waals surface area contributed by atoms with Gasteiger partial charge in [0.2, 0.25) is 6.08 Å². The van der Waals surface area contributed by atoms with E-state index in [-0.39, 0.29) is 0 Å². The molecule has 0 saturated heterocycles. The highest BCUT2D eigenvalue weighted by molar-refractivity contribution is 6.30. The van der Waals surface area contributed by atoms with Crippen LogP contribution in [0.1, 0.15) is 5.56 Å². The van der Waals surface area contributed by atoms with E-state index in [1.165, 1.54) is 12.3 Å². The summed E-state index contributed by atoms with van der Waals surface area (Å²) in [5.74, 6) is 0. The average Bonchev–Trinajstić information content (AvgIpc) is 2.15. The van der Waals surface area contributed by atoms with Crippen LogP contribution < -0.4 is 0 Å². The van der Waals surface area contributed by atoms with Gasteiger partial charge in [0, 0.05) is 11.2 Å². The number of rotatable bonds is 3. The molecule has 0 unspecified atom stereocenters. The van der Waals surface area contributed by atoms with E-state index in [1.807, 2.05) is 24.3 Å². The molecule has 3 heteroatoms. The van der Waals surface area contributed by atoms with E-state index in [0.717, 1.165) is 17.0 Å². The van der Waals surface area contributed by atoms with E-state index >= 15 is 0 Å². The zero-order valence-corrected chi connectivity index (χ0v) is 7.66. The molecule has 0 spiro atoms. The second-order valence-electron chi connectivity index (χ2n) is 2.44. The van der Waals surface area contributed by atoms with Crippen LogP contribution in [-0.2, 0) is 11.2 Å². The lowest BCUT2D eigenvalue weighted by Gasteiger charge is -1.94. The zero-order chi connectivity index (χ0) is 9.52. The van der Waals surface area contributed by atoms with Crippen molar-refractivity contribution in [3.63, 3.8) is 0 Å². The SMILES string of the molecule is O=C=N/C=C\Cc1ccc(Cl)cc1. The van der Waals surface area contributed by atoms with Crippen LogP contribution in [0.4, 0.5) is 0 Å². The monoisotopic (exact) mass is 193 g/mol. The summed E-state index contributed by atoms with van der Waals surface area (Å²) in [5.41, 5.74) is 1.13. The highest BCUT2D eigenvalue weighted by Crippen LogP contribution is 2.09. The topological polar surface area (TPSA) is 29.4 Å². The van der Waals surface area contributed by atoms with Gasteiger partial charge in [0.25, 0.3) is 0 Å². The number of carbonyl (C=O) groups excluding carboxylic acids is 1. The van der Waals surface area contributed by atoms with E-state index in [9.17, 15) is 4.79 Å². The second-order valence-corrected chi connectivity index (χ2v) is 2.87. The molecule has 2 nitrogen and oxygen atoms in total. The number of allylic oxidation sites excluding steroid dienone is 1. The standard InChI is InChI=1S/C10H8ClNO/c11-10-5-3-9(4-6-10)2-1-7-12-8-13/h1,3-7H,2H2/b7-1-. The highest BCUT2D eigenvalue weighted by atomic mass is 35.5. The summed E-state index contributed by atoms with van der Waals surface area (Å²) < 4.78 is 0. The molecule has 1 rings (SSSR count). The Labute approximate surface area is 81.6 Å². The van der Waals surface area contributed by atoms with Crippen molar-refractivity contribution in [1.29, 1.82) is 0 Å². The summed E-state index contributed by atoms with van der Waals surface area (Å²) in [6, 6.07) is 7.51. The van der Waals surface area contributed by atoms with Gasteiger partial charge in [-0.3, -0.25) is 0 Å². The Bertz CT molecular complexity index is 336. The lowest BCUT2D eigenvalue weighted by molar-refractivity contribution is 0.565. The number of nitrogens with zero attached hydrogens (tertiary/aromatic N) is 1. The van der Waals surface area contributed by atoms with Gasteiger partial charge in [0.15, 0.2) is 0 Å². The van der Waals surface area contributed by atoms with Gasteiger partial charge in [-0.1, -0.05) is 29.8 Å². The molecule has 13 heavy (non-hydrogen) atoms. The second kappa shape index (κ2) is 5.31. The number of isocyanates is 1. The summed E-state index contributed by atoms with van der Waals surface area (Å²) in [6.45, 7) is 0. The van der Waals surface area contributed by atoms with Crippen LogP contribution in [0.15, 0.2) is 41.5 Å². The molecular formula is C10H8ClNO. The van der Waals surface area contributed by atoms with Gasteiger partial charge in [-0.25, -0.2) is 4.79 Å². The maximum atomic E-state index is 9.70. The molecule has 0 aliphatic rings. The van der Waals surface area contributed by atoms with E-state index in [0.29, 0.717) is 0 Å². The predicted molar refractivity (Wildman–Crippen MR) is 52.4 cm³/mol. The normalized spacial score (nSPS) is 9.92. The Morgan fingerprint density at radius 1 is 1.38 bits per heavy atom. The Kier molecular flexibility index (Phi) is 3.97. The smallest absolute Gasteiger partial charge is 0.211 e. The van der Waals surface area contributed by atoms with Gasteiger partial charge in [-0.05, 0) is 24.1 Å². The van der Waals surface area contributed by atoms with Crippen LogP contribution >= 0.6 is 11.6 Å². The van der Waals surface area contributed by atoms with Gasteiger partial charge in [-0.15, -0.1) is 0 Å². The third kappa shape index (κ3) is 3.70. The van der Waals surface area contributed by atoms with E-state index in [4.69, 9.17) is 11.6 Å². The first-order valence-electron chi connectivity index (χ1n) is 3.79. The number of hydrogen-bond donors (Lipinski definition) is 0. The van der Waals surface area contributed by atoms with Crippen molar-refractivity contribution in [2.24, 2.45) is 4.99 Å². The average molecular weight is 194 g/mol. The van der Waals surface area contributed by atoms with Crippen LogP contribution in [0.3, 0.4) is 0 Å². The molecule has 1 aromatic rings. The fourth-order valence-electron chi connectivity index (χ4n) is 0.892. The van der Waals surface area contributed by atoms with Crippen LogP contribution in [0.25, 0.3) is 0 Å². The maximum Gasteiger partial charge on any atom is 0.239 e. The van der Waals surface area contributed by atoms with Gasteiger partial charge in [0.1, 0.15) is 0 Å². The van der Waals surface area contributed by atoms with Crippen LogP contribution in [-0.4, -0.2) is 6.08 Å². The Morgan fingerprint density at radius 3 is 2.69 bits per heavy atom. The molecule has 0 fully saturated rings. The van der Waals surface area contributed by atoms with Crippen molar-refractivity contribution in [1.82, 2.24) is 0 Å². The molecule has 0 atom stereocenters. The van der Waals surface area contributed by atoms with Crippen molar-refractivity contribution in [2.45, 2.75) is 6.42 Å². The summed E-state index contributed by atoms with van der Waals surface area (Å²) >= 11 is 5.71. The third-order valence-corrected chi connectivity index (χ3v) is 1.75. The molecule has 0 amide bonds. The largest absolute Gasteiger partial charge is 0.239 e. The predicted octanol–water partition coefficient (Wildman–Crippen LogP) is 2.73. The summed E-state index contributed by atoms with van der Waals surface area (Å²) in [6.07, 6.45) is 5.39. The van der Waals surface area contributed by atoms with Gasteiger partial charge in [0.05, 0.1) is 0 Å². The lowest BCUT2D eigenvalue weighted by atomic mass is 10.1. The summed E-state index contributed by atoms with van der Waals surface area (Å²) in [4.78, 5) is 13.0. The quantitative estimate of drug-likeness (QED) is 0.536. The van der Waals surface area contributed by atoms with E-state index in [2.05, 4.69) is 4.99 Å². The molecule has 0 aliphatic carbocycles. The first kappa shape index (κ1) is 9.72. The third-order valence-electron chi connectivity index (χ3n) is 1.50. The Morgan fingerprint density at radius 2 is 2.08 bits per heavy atom. The molecule has 0 aromatic heterocycles. The van der Waals surface area contributed by atoms with Crippen molar-refractivity contribution < 1.29 is 4.79 Å². The van der Waals surface area contributed by atoms with E-state index < -0.39 is 0 Å². The fourth-order valence-corrected chi connectivity index (χ4v) is 1.02. The number of benzene rings is 1. The fraction of sp³-hybridized carbons (Fsp3) is 0.100. The molecule has 0 heterocycles. The van der Waals surface area contributed by atoms with Crippen LogP contribution in [0, 0.1) is 0 Å². The first-order chi connectivity index (χ1) is 6.33. The molecule has 0 N–H and O–H groups in total. The van der Waals surface area contributed by atoms with Crippen LogP contribution in [0.5, 0.6) is 0 Å². The molecule has 0 radical (unpaired) electrons. The van der Waals surface area contributed by atoms with Gasteiger partial charge in [-0.2, -0.15) is 4.99 Å². The summed E-state index contributed by atoms with van der Waals surface area (Å²) in [7, 11) is 0.